The van der Waals surface area contributed by atoms with E-state index in [9.17, 15) is 18.0 Å². The van der Waals surface area contributed by atoms with Gasteiger partial charge in [0.15, 0.2) is 17.5 Å². The molecular formula is C15H15F3O2. The van der Waals surface area contributed by atoms with Gasteiger partial charge >= 0.3 is 5.97 Å². The molecule has 108 valence electrons. The molecule has 1 aliphatic carbocycles. The summed E-state index contributed by atoms with van der Waals surface area (Å²) in [6.07, 6.45) is 3.79. The van der Waals surface area contributed by atoms with Crippen molar-refractivity contribution in [2.24, 2.45) is 5.92 Å². The van der Waals surface area contributed by atoms with Crippen LogP contribution >= 0.6 is 0 Å². The van der Waals surface area contributed by atoms with Crippen LogP contribution in [0.4, 0.5) is 13.2 Å². The molecule has 2 fully saturated rings. The van der Waals surface area contributed by atoms with Crippen LogP contribution in [0.15, 0.2) is 12.1 Å². The third-order valence-corrected chi connectivity index (χ3v) is 4.43. The second-order valence-corrected chi connectivity index (χ2v) is 5.64. The Labute approximate surface area is 114 Å². The molecule has 1 heterocycles. The molecule has 0 N–H and O–H groups in total. The van der Waals surface area contributed by atoms with Crippen LogP contribution in [-0.2, 0) is 9.53 Å². The van der Waals surface area contributed by atoms with Crippen molar-refractivity contribution >= 4 is 5.97 Å². The maximum absolute atomic E-state index is 13.2. The van der Waals surface area contributed by atoms with Crippen molar-refractivity contribution in [1.82, 2.24) is 0 Å². The Morgan fingerprint density at radius 3 is 2.05 bits per heavy atom. The third-order valence-electron chi connectivity index (χ3n) is 4.43. The van der Waals surface area contributed by atoms with E-state index in [1.807, 2.05) is 0 Å². The SMILES string of the molecule is O=C1CC(C2CCC(c3cc(F)c(F)c(F)c3)CC2)O1. The van der Waals surface area contributed by atoms with Crippen LogP contribution in [-0.4, -0.2) is 12.1 Å². The number of carbonyl (C=O) groups is 1. The van der Waals surface area contributed by atoms with Crippen LogP contribution in [0.3, 0.4) is 0 Å². The zero-order valence-electron chi connectivity index (χ0n) is 10.9. The van der Waals surface area contributed by atoms with E-state index in [1.165, 1.54) is 0 Å². The normalized spacial score (nSPS) is 29.8. The molecule has 2 nitrogen and oxygen atoms in total. The second kappa shape index (κ2) is 5.11. The summed E-state index contributed by atoms with van der Waals surface area (Å²) < 4.78 is 44.5. The summed E-state index contributed by atoms with van der Waals surface area (Å²) in [6.45, 7) is 0. The monoisotopic (exact) mass is 284 g/mol. The average Bonchev–Trinajstić information content (AvgIpc) is 2.41. The minimum atomic E-state index is -1.41. The molecule has 20 heavy (non-hydrogen) atoms. The first-order valence-corrected chi connectivity index (χ1v) is 6.88. The van der Waals surface area contributed by atoms with Gasteiger partial charge in [0.25, 0.3) is 0 Å². The van der Waals surface area contributed by atoms with Crippen molar-refractivity contribution in [3.05, 3.63) is 35.1 Å². The summed E-state index contributed by atoms with van der Waals surface area (Å²) in [4.78, 5) is 10.8. The molecule has 3 rings (SSSR count). The first kappa shape index (κ1) is 13.5. The molecule has 1 aromatic carbocycles. The number of ether oxygens (including phenoxy) is 1. The minimum Gasteiger partial charge on any atom is -0.461 e. The molecule has 2 aliphatic rings. The third kappa shape index (κ3) is 2.41. The Balaban J connectivity index is 1.64. The first-order valence-electron chi connectivity index (χ1n) is 6.88. The topological polar surface area (TPSA) is 26.3 Å². The van der Waals surface area contributed by atoms with E-state index in [1.54, 1.807) is 0 Å². The van der Waals surface area contributed by atoms with Crippen LogP contribution < -0.4 is 0 Å². The van der Waals surface area contributed by atoms with Gasteiger partial charge in [0.1, 0.15) is 6.10 Å². The lowest BCUT2D eigenvalue weighted by molar-refractivity contribution is -0.176. The standard InChI is InChI=1S/C15H15F3O2/c16-11-5-10(6-12(17)15(11)18)8-1-3-9(4-2-8)13-7-14(19)20-13/h5-6,8-9,13H,1-4,7H2. The van der Waals surface area contributed by atoms with E-state index < -0.39 is 17.5 Å². The van der Waals surface area contributed by atoms with E-state index in [0.717, 1.165) is 37.8 Å². The fraction of sp³-hybridized carbons (Fsp3) is 0.533. The molecule has 1 saturated carbocycles. The zero-order valence-corrected chi connectivity index (χ0v) is 10.9. The van der Waals surface area contributed by atoms with Gasteiger partial charge in [-0.1, -0.05) is 0 Å². The Bertz CT molecular complexity index is 505. The summed E-state index contributed by atoms with van der Waals surface area (Å²) in [5, 5.41) is 0. The first-order chi connectivity index (χ1) is 9.54. The number of halogens is 3. The molecule has 0 aromatic heterocycles. The van der Waals surface area contributed by atoms with Gasteiger partial charge in [-0.05, 0) is 55.2 Å². The lowest BCUT2D eigenvalue weighted by atomic mass is 9.75. The number of rotatable bonds is 2. The Morgan fingerprint density at radius 1 is 1.00 bits per heavy atom. The van der Waals surface area contributed by atoms with Gasteiger partial charge in [0.05, 0.1) is 6.42 Å². The van der Waals surface area contributed by atoms with Crippen LogP contribution in [0.5, 0.6) is 0 Å². The lowest BCUT2D eigenvalue weighted by Gasteiger charge is -2.37. The van der Waals surface area contributed by atoms with Gasteiger partial charge in [-0.3, -0.25) is 4.79 Å². The fourth-order valence-electron chi connectivity index (χ4n) is 3.22. The molecule has 0 amide bonds. The summed E-state index contributed by atoms with van der Waals surface area (Å²) in [7, 11) is 0. The molecule has 0 radical (unpaired) electrons. The van der Waals surface area contributed by atoms with Crippen molar-refractivity contribution in [3.63, 3.8) is 0 Å². The maximum Gasteiger partial charge on any atom is 0.309 e. The maximum atomic E-state index is 13.2. The molecule has 1 aromatic rings. The number of hydrogen-bond donors (Lipinski definition) is 0. The van der Waals surface area contributed by atoms with Crippen LogP contribution in [0.2, 0.25) is 0 Å². The fourth-order valence-corrected chi connectivity index (χ4v) is 3.22. The molecule has 0 spiro atoms. The highest BCUT2D eigenvalue weighted by molar-refractivity contribution is 5.75. The summed E-state index contributed by atoms with van der Waals surface area (Å²) in [6, 6.07) is 2.18. The highest BCUT2D eigenvalue weighted by Crippen LogP contribution is 2.40. The molecule has 1 atom stereocenters. The molecule has 1 unspecified atom stereocenters. The minimum absolute atomic E-state index is 0.0186. The van der Waals surface area contributed by atoms with Gasteiger partial charge in [0, 0.05) is 0 Å². The Kier molecular flexibility index (Phi) is 3.44. The molecular weight excluding hydrogens is 269 g/mol. The van der Waals surface area contributed by atoms with Crippen LogP contribution in [0.25, 0.3) is 0 Å². The molecule has 5 heteroatoms. The number of cyclic esters (lactones) is 1. The van der Waals surface area contributed by atoms with Crippen molar-refractivity contribution in [2.75, 3.05) is 0 Å². The van der Waals surface area contributed by atoms with Gasteiger partial charge in [-0.25, -0.2) is 13.2 Å². The Morgan fingerprint density at radius 2 is 1.55 bits per heavy atom. The second-order valence-electron chi connectivity index (χ2n) is 5.64. The predicted octanol–water partition coefficient (Wildman–Crippen LogP) is 3.69. The highest BCUT2D eigenvalue weighted by Gasteiger charge is 2.37. The lowest BCUT2D eigenvalue weighted by Crippen LogP contribution is -2.40. The molecule has 0 bridgehead atoms. The van der Waals surface area contributed by atoms with Crippen LogP contribution in [0.1, 0.15) is 43.6 Å². The van der Waals surface area contributed by atoms with Crippen molar-refractivity contribution in [2.45, 2.75) is 44.1 Å². The summed E-state index contributed by atoms with van der Waals surface area (Å²) in [5.74, 6) is -3.43. The van der Waals surface area contributed by atoms with Crippen molar-refractivity contribution < 1.29 is 22.7 Å². The molecule has 1 saturated heterocycles. The smallest absolute Gasteiger partial charge is 0.309 e. The zero-order chi connectivity index (χ0) is 14.3. The van der Waals surface area contributed by atoms with Gasteiger partial charge in [-0.2, -0.15) is 0 Å². The van der Waals surface area contributed by atoms with E-state index in [2.05, 4.69) is 0 Å². The summed E-state index contributed by atoms with van der Waals surface area (Å²) in [5.41, 5.74) is 0.519. The van der Waals surface area contributed by atoms with E-state index in [0.29, 0.717) is 17.9 Å². The van der Waals surface area contributed by atoms with E-state index >= 15 is 0 Å². The van der Waals surface area contributed by atoms with Gasteiger partial charge in [-0.15, -0.1) is 0 Å². The van der Waals surface area contributed by atoms with Gasteiger partial charge in [0.2, 0.25) is 0 Å². The quantitative estimate of drug-likeness (QED) is 0.611. The Hall–Kier alpha value is -1.52. The summed E-state index contributed by atoms with van der Waals surface area (Å²) >= 11 is 0. The van der Waals surface area contributed by atoms with Crippen LogP contribution in [0, 0.1) is 23.4 Å². The van der Waals surface area contributed by atoms with E-state index in [-0.39, 0.29) is 18.0 Å². The number of hydrogen-bond acceptors (Lipinski definition) is 2. The number of benzene rings is 1. The average molecular weight is 284 g/mol. The largest absolute Gasteiger partial charge is 0.461 e. The van der Waals surface area contributed by atoms with Crippen molar-refractivity contribution in [1.29, 1.82) is 0 Å². The van der Waals surface area contributed by atoms with E-state index in [4.69, 9.17) is 4.74 Å². The van der Waals surface area contributed by atoms with Gasteiger partial charge < -0.3 is 4.74 Å². The van der Waals surface area contributed by atoms with Crippen molar-refractivity contribution in [3.8, 4) is 0 Å². The molecule has 1 aliphatic heterocycles. The highest BCUT2D eigenvalue weighted by atomic mass is 19.2. The number of esters is 1. The number of carbonyl (C=O) groups excluding carboxylic acids is 1. The predicted molar refractivity (Wildman–Crippen MR) is 65.5 cm³/mol.